The lowest BCUT2D eigenvalue weighted by molar-refractivity contribution is -0.141. The highest BCUT2D eigenvalue weighted by molar-refractivity contribution is 6.32. The van der Waals surface area contributed by atoms with Gasteiger partial charge in [-0.2, -0.15) is 18.3 Å². The van der Waals surface area contributed by atoms with Crippen LogP contribution in [0.2, 0.25) is 10.0 Å². The van der Waals surface area contributed by atoms with Gasteiger partial charge in [0.2, 0.25) is 0 Å². The Morgan fingerprint density at radius 3 is 2.57 bits per heavy atom. The molecule has 2 aromatic rings. The zero-order chi connectivity index (χ0) is 22.1. The van der Waals surface area contributed by atoms with Crippen LogP contribution in [-0.2, 0) is 19.3 Å². The molecule has 2 N–H and O–H groups in total. The molecule has 0 amide bonds. The monoisotopic (exact) mass is 465 g/mol. The molecule has 0 aliphatic carbocycles. The molecule has 166 valence electrons. The fourth-order valence-electron chi connectivity index (χ4n) is 3.67. The Labute approximate surface area is 183 Å². The van der Waals surface area contributed by atoms with Crippen molar-refractivity contribution in [3.05, 3.63) is 39.6 Å². The van der Waals surface area contributed by atoms with Gasteiger partial charge >= 0.3 is 6.18 Å². The number of alkyl halides is 3. The predicted octanol–water partition coefficient (Wildman–Crippen LogP) is 3.89. The third-order valence-electron chi connectivity index (χ3n) is 5.32. The van der Waals surface area contributed by atoms with Crippen molar-refractivity contribution in [2.75, 3.05) is 38.2 Å². The molecule has 1 aromatic carbocycles. The van der Waals surface area contributed by atoms with E-state index < -0.39 is 16.9 Å². The van der Waals surface area contributed by atoms with Crippen LogP contribution in [0.5, 0.6) is 5.75 Å². The lowest BCUT2D eigenvalue weighted by Crippen LogP contribution is -2.52. The van der Waals surface area contributed by atoms with Gasteiger partial charge in [-0.1, -0.05) is 23.2 Å². The maximum atomic E-state index is 13.1. The molecule has 6 nitrogen and oxygen atoms in total. The fourth-order valence-corrected chi connectivity index (χ4v) is 4.18. The van der Waals surface area contributed by atoms with Gasteiger partial charge in [0.05, 0.1) is 29.4 Å². The quantitative estimate of drug-likeness (QED) is 0.701. The average Bonchev–Trinajstić information content (AvgIpc) is 3.03. The van der Waals surface area contributed by atoms with Crippen molar-refractivity contribution in [2.24, 2.45) is 5.73 Å². The van der Waals surface area contributed by atoms with E-state index in [1.807, 2.05) is 12.1 Å². The summed E-state index contributed by atoms with van der Waals surface area (Å²) in [6, 6.07) is 5.85. The first-order valence-corrected chi connectivity index (χ1v) is 10.3. The third-order valence-corrected chi connectivity index (χ3v) is 6.03. The lowest BCUT2D eigenvalue weighted by atomic mass is 10.1. The molecule has 3 rings (SSSR count). The van der Waals surface area contributed by atoms with E-state index in [-0.39, 0.29) is 24.8 Å². The summed E-state index contributed by atoms with van der Waals surface area (Å²) >= 11 is 12.0. The highest BCUT2D eigenvalue weighted by atomic mass is 35.5. The second-order valence-electron chi connectivity index (χ2n) is 7.18. The van der Waals surface area contributed by atoms with Crippen LogP contribution in [0.4, 0.5) is 18.9 Å². The van der Waals surface area contributed by atoms with Crippen LogP contribution in [-0.4, -0.2) is 54.0 Å². The van der Waals surface area contributed by atoms with Crippen molar-refractivity contribution in [3.8, 4) is 5.75 Å². The van der Waals surface area contributed by atoms with Crippen LogP contribution < -0.4 is 15.4 Å². The summed E-state index contributed by atoms with van der Waals surface area (Å²) in [5.74, 6) is 0.620. The second kappa shape index (κ2) is 9.21. The normalized spacial score (nSPS) is 18.1. The number of benzene rings is 1. The van der Waals surface area contributed by atoms with Gasteiger partial charge in [-0.05, 0) is 19.1 Å². The SMILES string of the molecule is COc1cc(N2CCN(CCn3nc(C(F)(F)F)c(Cl)c3CN)[C@@H](C)C2)ccc1Cl. The maximum Gasteiger partial charge on any atom is 0.436 e. The van der Waals surface area contributed by atoms with Gasteiger partial charge in [0.1, 0.15) is 5.75 Å². The van der Waals surface area contributed by atoms with Crippen LogP contribution in [0.1, 0.15) is 18.3 Å². The van der Waals surface area contributed by atoms with Crippen LogP contribution in [0.3, 0.4) is 0 Å². The number of piperazine rings is 1. The number of methoxy groups -OCH3 is 1. The van der Waals surface area contributed by atoms with Crippen LogP contribution in [0.15, 0.2) is 18.2 Å². The van der Waals surface area contributed by atoms with E-state index in [9.17, 15) is 13.2 Å². The van der Waals surface area contributed by atoms with Crippen LogP contribution >= 0.6 is 23.2 Å². The minimum Gasteiger partial charge on any atom is -0.495 e. The minimum absolute atomic E-state index is 0.107. The summed E-state index contributed by atoms with van der Waals surface area (Å²) in [5.41, 5.74) is 5.74. The molecule has 11 heteroatoms. The Hall–Kier alpha value is -1.68. The molecule has 0 bridgehead atoms. The van der Waals surface area contributed by atoms with Crippen molar-refractivity contribution in [2.45, 2.75) is 32.2 Å². The van der Waals surface area contributed by atoms with Crippen LogP contribution in [0, 0.1) is 0 Å². The number of nitrogens with zero attached hydrogens (tertiary/aromatic N) is 4. The molecule has 1 aromatic heterocycles. The Balaban J connectivity index is 1.65. The van der Waals surface area contributed by atoms with Gasteiger partial charge in [-0.15, -0.1) is 0 Å². The number of halogens is 5. The highest BCUT2D eigenvalue weighted by Crippen LogP contribution is 2.35. The molecule has 2 heterocycles. The van der Waals surface area contributed by atoms with Gasteiger partial charge in [0, 0.05) is 50.5 Å². The molecule has 1 saturated heterocycles. The van der Waals surface area contributed by atoms with Crippen LogP contribution in [0.25, 0.3) is 0 Å². The molecule has 1 aliphatic rings. The first kappa shape index (κ1) is 23.0. The Bertz CT molecular complexity index is 890. The number of hydrogen-bond donors (Lipinski definition) is 1. The molecular formula is C19H24Cl2F3N5O. The number of rotatable bonds is 6. The van der Waals surface area contributed by atoms with E-state index in [1.165, 1.54) is 4.68 Å². The molecule has 1 aliphatic heterocycles. The molecule has 0 spiro atoms. The van der Waals surface area contributed by atoms with E-state index in [4.69, 9.17) is 33.7 Å². The Morgan fingerprint density at radius 2 is 1.97 bits per heavy atom. The second-order valence-corrected chi connectivity index (χ2v) is 7.97. The summed E-state index contributed by atoms with van der Waals surface area (Å²) in [7, 11) is 1.58. The van der Waals surface area contributed by atoms with Gasteiger partial charge in [-0.3, -0.25) is 9.58 Å². The molecule has 1 atom stereocenters. The van der Waals surface area contributed by atoms with E-state index in [0.717, 1.165) is 25.3 Å². The van der Waals surface area contributed by atoms with Crippen molar-refractivity contribution < 1.29 is 17.9 Å². The molecule has 0 saturated carbocycles. The third kappa shape index (κ3) is 4.80. The van der Waals surface area contributed by atoms with Crippen molar-refractivity contribution in [1.82, 2.24) is 14.7 Å². The molecule has 0 radical (unpaired) electrons. The van der Waals surface area contributed by atoms with Gasteiger partial charge in [0.25, 0.3) is 0 Å². The number of nitrogens with two attached hydrogens (primary N) is 1. The van der Waals surface area contributed by atoms with Gasteiger partial charge in [-0.25, -0.2) is 0 Å². The molecule has 30 heavy (non-hydrogen) atoms. The van der Waals surface area contributed by atoms with Gasteiger partial charge < -0.3 is 15.4 Å². The topological polar surface area (TPSA) is 59.5 Å². The van der Waals surface area contributed by atoms with Crippen molar-refractivity contribution in [3.63, 3.8) is 0 Å². The predicted molar refractivity (Wildman–Crippen MR) is 111 cm³/mol. The van der Waals surface area contributed by atoms with E-state index in [0.29, 0.717) is 17.3 Å². The van der Waals surface area contributed by atoms with Crippen molar-refractivity contribution >= 4 is 28.9 Å². The Morgan fingerprint density at radius 1 is 1.23 bits per heavy atom. The summed E-state index contributed by atoms with van der Waals surface area (Å²) < 4.78 is 45.8. The molecule has 0 unspecified atom stereocenters. The summed E-state index contributed by atoms with van der Waals surface area (Å²) in [6.07, 6.45) is -4.61. The number of anilines is 1. The van der Waals surface area contributed by atoms with Gasteiger partial charge in [0.15, 0.2) is 5.69 Å². The minimum atomic E-state index is -4.61. The highest BCUT2D eigenvalue weighted by Gasteiger charge is 2.38. The number of aromatic nitrogens is 2. The van der Waals surface area contributed by atoms with E-state index in [2.05, 4.69) is 21.8 Å². The Kier molecular flexibility index (Phi) is 7.06. The number of ether oxygens (including phenoxy) is 1. The van der Waals surface area contributed by atoms with Crippen molar-refractivity contribution in [1.29, 1.82) is 0 Å². The first-order chi connectivity index (χ1) is 14.2. The lowest BCUT2D eigenvalue weighted by Gasteiger charge is -2.41. The maximum absolute atomic E-state index is 13.1. The smallest absolute Gasteiger partial charge is 0.436 e. The summed E-state index contributed by atoms with van der Waals surface area (Å²) in [4.78, 5) is 4.45. The summed E-state index contributed by atoms with van der Waals surface area (Å²) in [5, 5.41) is 3.81. The van der Waals surface area contributed by atoms with E-state index >= 15 is 0 Å². The zero-order valence-electron chi connectivity index (χ0n) is 16.7. The largest absolute Gasteiger partial charge is 0.495 e. The summed E-state index contributed by atoms with van der Waals surface area (Å²) in [6.45, 7) is 5.09. The zero-order valence-corrected chi connectivity index (χ0v) is 18.2. The average molecular weight is 466 g/mol. The van der Waals surface area contributed by atoms with E-state index in [1.54, 1.807) is 13.2 Å². The molecular weight excluding hydrogens is 442 g/mol. The first-order valence-electron chi connectivity index (χ1n) is 9.50. The molecule has 1 fully saturated rings. The fraction of sp³-hybridized carbons (Fsp3) is 0.526. The standard InChI is InChI=1S/C19H24Cl2F3N5O/c1-12-11-28(13-3-4-14(20)16(9-13)30-2)6-5-27(12)7-8-29-15(10-25)17(21)18(26-29)19(22,23)24/h3-4,9,12H,5-8,10-11,25H2,1-2H3/t12-/m0/s1. The number of hydrogen-bond acceptors (Lipinski definition) is 5.